The zero-order valence-electron chi connectivity index (χ0n) is 12.3. The maximum atomic E-state index is 13.3. The molecule has 2 saturated carbocycles. The van der Waals surface area contributed by atoms with Crippen molar-refractivity contribution in [2.45, 2.75) is 56.3 Å². The number of aliphatic imine (C=N–C) groups is 1. The number of aromatic nitrogens is 2. The molecule has 4 nitrogen and oxygen atoms in total. The Morgan fingerprint density at radius 1 is 1.32 bits per heavy atom. The van der Waals surface area contributed by atoms with E-state index in [0.717, 1.165) is 23.7 Å². The smallest absolute Gasteiger partial charge is 0.248 e. The van der Waals surface area contributed by atoms with Gasteiger partial charge in [0.2, 0.25) is 5.92 Å². The lowest BCUT2D eigenvalue weighted by atomic mass is 9.85. The SMILES string of the molecule is OC(CC1CCC(F)(F)CC1)[SH]1C(C2CC2)=Nc2cncn21. The van der Waals surface area contributed by atoms with Crippen LogP contribution in [0.25, 0.3) is 0 Å². The number of aliphatic hydroxyl groups excluding tert-OH is 1. The highest BCUT2D eigenvalue weighted by Gasteiger charge is 2.41. The van der Waals surface area contributed by atoms with Crippen LogP contribution in [-0.4, -0.2) is 30.5 Å². The largest absolute Gasteiger partial charge is 0.382 e. The third-order valence-electron chi connectivity index (χ3n) is 4.90. The Balaban J connectivity index is 1.46. The number of fused-ring (bicyclic) bond motifs is 1. The second-order valence-corrected chi connectivity index (χ2v) is 8.88. The molecule has 0 radical (unpaired) electrons. The first-order chi connectivity index (χ1) is 10.5. The number of hydrogen-bond acceptors (Lipinski definition) is 3. The van der Waals surface area contributed by atoms with Crippen molar-refractivity contribution in [3.05, 3.63) is 12.5 Å². The molecule has 1 N–H and O–H groups in total. The molecule has 2 fully saturated rings. The van der Waals surface area contributed by atoms with Crippen LogP contribution in [0, 0.1) is 11.8 Å². The van der Waals surface area contributed by atoms with Gasteiger partial charge < -0.3 is 5.11 Å². The van der Waals surface area contributed by atoms with Gasteiger partial charge in [-0.3, -0.25) is 3.97 Å². The number of nitrogens with zero attached hydrogens (tertiary/aromatic N) is 3. The van der Waals surface area contributed by atoms with Crippen LogP contribution in [0.15, 0.2) is 17.5 Å². The summed E-state index contributed by atoms with van der Waals surface area (Å²) in [5.41, 5.74) is -0.499. The third-order valence-corrected chi connectivity index (χ3v) is 7.38. The summed E-state index contributed by atoms with van der Waals surface area (Å²) in [6.45, 7) is 0. The predicted octanol–water partition coefficient (Wildman–Crippen LogP) is 3.64. The summed E-state index contributed by atoms with van der Waals surface area (Å²) >= 11 is -0.902. The van der Waals surface area contributed by atoms with Gasteiger partial charge in [-0.25, -0.2) is 18.8 Å². The monoisotopic (exact) mass is 329 g/mol. The highest BCUT2D eigenvalue weighted by Crippen LogP contribution is 2.53. The van der Waals surface area contributed by atoms with Crippen LogP contribution < -0.4 is 0 Å². The van der Waals surface area contributed by atoms with Gasteiger partial charge in [0.1, 0.15) is 11.8 Å². The van der Waals surface area contributed by atoms with E-state index in [1.54, 1.807) is 12.5 Å². The minimum absolute atomic E-state index is 0.0395. The Morgan fingerprint density at radius 2 is 2.05 bits per heavy atom. The fraction of sp³-hybridized carbons (Fsp3) is 0.733. The van der Waals surface area contributed by atoms with Crippen molar-refractivity contribution in [1.82, 2.24) is 8.96 Å². The second-order valence-electron chi connectivity index (χ2n) is 6.70. The van der Waals surface area contributed by atoms with Gasteiger partial charge in [-0.05, 0) is 38.0 Å². The van der Waals surface area contributed by atoms with Crippen molar-refractivity contribution in [2.24, 2.45) is 16.8 Å². The molecule has 4 rings (SSSR count). The van der Waals surface area contributed by atoms with E-state index in [1.165, 1.54) is 0 Å². The van der Waals surface area contributed by atoms with Gasteiger partial charge in [-0.15, -0.1) is 11.1 Å². The number of rotatable bonds is 4. The van der Waals surface area contributed by atoms with Crippen molar-refractivity contribution in [3.63, 3.8) is 0 Å². The molecule has 1 aromatic heterocycles. The molecule has 2 atom stereocenters. The first kappa shape index (κ1) is 14.6. The van der Waals surface area contributed by atoms with Crippen LogP contribution in [0.3, 0.4) is 0 Å². The van der Waals surface area contributed by atoms with E-state index < -0.39 is 22.4 Å². The minimum Gasteiger partial charge on any atom is -0.382 e. The molecule has 0 aromatic carbocycles. The van der Waals surface area contributed by atoms with Crippen LogP contribution in [0.4, 0.5) is 14.6 Å². The number of alkyl halides is 2. The Hall–Kier alpha value is -0.950. The maximum absolute atomic E-state index is 13.3. The Labute approximate surface area is 131 Å². The highest BCUT2D eigenvalue weighted by atomic mass is 32.2. The topological polar surface area (TPSA) is 50.4 Å². The quantitative estimate of drug-likeness (QED) is 0.829. The van der Waals surface area contributed by atoms with E-state index in [4.69, 9.17) is 0 Å². The number of thiol groups is 1. The number of imidazole rings is 1. The van der Waals surface area contributed by atoms with Gasteiger partial charge in [0, 0.05) is 18.8 Å². The lowest BCUT2D eigenvalue weighted by molar-refractivity contribution is -0.0484. The second kappa shape index (κ2) is 5.30. The molecule has 22 heavy (non-hydrogen) atoms. The lowest BCUT2D eigenvalue weighted by Crippen LogP contribution is -2.28. The van der Waals surface area contributed by atoms with Gasteiger partial charge in [-0.2, -0.15) is 0 Å². The lowest BCUT2D eigenvalue weighted by Gasteiger charge is -2.33. The summed E-state index contributed by atoms with van der Waals surface area (Å²) < 4.78 is 28.5. The molecule has 0 amide bonds. The van der Waals surface area contributed by atoms with Crippen LogP contribution >= 0.6 is 11.1 Å². The molecule has 0 spiro atoms. The molecular formula is C15H21F2N3OS. The molecule has 3 aliphatic rings. The summed E-state index contributed by atoms with van der Waals surface area (Å²) in [5.74, 6) is -0.957. The van der Waals surface area contributed by atoms with E-state index in [0.29, 0.717) is 25.2 Å². The summed E-state index contributed by atoms with van der Waals surface area (Å²) in [5, 5.41) is 11.9. The van der Waals surface area contributed by atoms with Crippen molar-refractivity contribution in [2.75, 3.05) is 0 Å². The Morgan fingerprint density at radius 3 is 2.73 bits per heavy atom. The molecule has 1 aliphatic heterocycles. The van der Waals surface area contributed by atoms with Gasteiger partial charge >= 0.3 is 0 Å². The van der Waals surface area contributed by atoms with Crippen LogP contribution in [0.5, 0.6) is 0 Å². The van der Waals surface area contributed by atoms with E-state index in [2.05, 4.69) is 9.98 Å². The normalized spacial score (nSPS) is 30.9. The average Bonchev–Trinajstić information content (AvgIpc) is 3.10. The van der Waals surface area contributed by atoms with E-state index in [1.807, 2.05) is 3.97 Å². The molecule has 0 bridgehead atoms. The van der Waals surface area contributed by atoms with Crippen molar-refractivity contribution in [3.8, 4) is 0 Å². The van der Waals surface area contributed by atoms with Crippen molar-refractivity contribution in [1.29, 1.82) is 0 Å². The summed E-state index contributed by atoms with van der Waals surface area (Å²) in [6.07, 6.45) is 7.34. The Bertz CT molecular complexity index is 589. The number of aliphatic hydroxyl groups is 1. The highest BCUT2D eigenvalue weighted by molar-refractivity contribution is 8.29. The van der Waals surface area contributed by atoms with Gasteiger partial charge in [0.15, 0.2) is 5.82 Å². The molecule has 0 saturated heterocycles. The summed E-state index contributed by atoms with van der Waals surface area (Å²) in [7, 11) is 0. The first-order valence-electron chi connectivity index (χ1n) is 8.00. The van der Waals surface area contributed by atoms with E-state index in [-0.39, 0.29) is 18.8 Å². The van der Waals surface area contributed by atoms with Crippen molar-refractivity contribution >= 4 is 21.9 Å². The third kappa shape index (κ3) is 2.69. The maximum Gasteiger partial charge on any atom is 0.248 e. The number of hydrogen-bond donors (Lipinski definition) is 2. The Kier molecular flexibility index (Phi) is 3.52. The number of halogens is 2. The molecule has 7 heteroatoms. The standard InChI is InChI=1S/C15H21F2N3OS/c16-15(17)5-3-10(4-6-15)7-13(21)22-14(11-1-2-11)19-12-8-18-9-20(12)22/h8-11,13,21-22H,1-7H2. The fourth-order valence-electron chi connectivity index (χ4n) is 3.46. The zero-order chi connectivity index (χ0) is 15.3. The summed E-state index contributed by atoms with van der Waals surface area (Å²) in [6, 6.07) is 0. The van der Waals surface area contributed by atoms with Crippen LogP contribution in [-0.2, 0) is 0 Å². The molecular weight excluding hydrogens is 308 g/mol. The predicted molar refractivity (Wildman–Crippen MR) is 84.0 cm³/mol. The average molecular weight is 329 g/mol. The first-order valence-corrected chi connectivity index (χ1v) is 9.36. The van der Waals surface area contributed by atoms with Gasteiger partial charge in [-0.1, -0.05) is 0 Å². The molecule has 2 heterocycles. The molecule has 2 aliphatic carbocycles. The molecule has 122 valence electrons. The molecule has 2 unspecified atom stereocenters. The molecule has 1 aromatic rings. The van der Waals surface area contributed by atoms with Crippen LogP contribution in [0.2, 0.25) is 0 Å². The van der Waals surface area contributed by atoms with Gasteiger partial charge in [0.25, 0.3) is 0 Å². The van der Waals surface area contributed by atoms with Gasteiger partial charge in [0.05, 0.1) is 11.2 Å². The van der Waals surface area contributed by atoms with Crippen molar-refractivity contribution < 1.29 is 13.9 Å². The van der Waals surface area contributed by atoms with Crippen LogP contribution in [0.1, 0.15) is 44.9 Å². The fourth-order valence-corrected chi connectivity index (χ4v) is 6.09. The summed E-state index contributed by atoms with van der Waals surface area (Å²) in [4.78, 5) is 8.78. The minimum atomic E-state index is -2.50. The van der Waals surface area contributed by atoms with E-state index >= 15 is 0 Å². The van der Waals surface area contributed by atoms with E-state index in [9.17, 15) is 13.9 Å². The zero-order valence-corrected chi connectivity index (χ0v) is 13.2.